The van der Waals surface area contributed by atoms with Gasteiger partial charge in [-0.1, -0.05) is 42.5 Å². The van der Waals surface area contributed by atoms with Crippen molar-refractivity contribution < 1.29 is 17.6 Å². The highest BCUT2D eigenvalue weighted by molar-refractivity contribution is 5.97. The minimum Gasteiger partial charge on any atom is -0.386 e. The van der Waals surface area contributed by atoms with E-state index in [0.29, 0.717) is 5.56 Å². The maximum atomic E-state index is 13.2. The molecule has 0 bridgehead atoms. The number of nitriles is 1. The molecule has 4 rings (SSSR count). The number of piperidine rings is 1. The topological polar surface area (TPSA) is 65.4 Å². The Bertz CT molecular complexity index is 1280. The fourth-order valence-electron chi connectivity index (χ4n) is 5.54. The second-order valence-electron chi connectivity index (χ2n) is 9.95. The van der Waals surface area contributed by atoms with Crippen LogP contribution in [-0.2, 0) is 5.41 Å². The monoisotopic (exact) mass is 510 g/mol. The minimum atomic E-state index is -4.78. The van der Waals surface area contributed by atoms with Crippen LogP contribution >= 0.6 is 0 Å². The summed E-state index contributed by atoms with van der Waals surface area (Å²) in [6.45, 7) is 1.71. The Balaban J connectivity index is 1.74. The van der Waals surface area contributed by atoms with Crippen LogP contribution in [0.25, 0.3) is 11.1 Å². The third-order valence-corrected chi connectivity index (χ3v) is 7.84. The van der Waals surface area contributed by atoms with Gasteiger partial charge in [-0.15, -0.1) is 0 Å². The third kappa shape index (κ3) is 5.05. The predicted octanol–water partition coefficient (Wildman–Crippen LogP) is 6.30. The van der Waals surface area contributed by atoms with Gasteiger partial charge in [-0.25, -0.2) is 9.38 Å². The second kappa shape index (κ2) is 10.1. The Kier molecular flexibility index (Phi) is 7.29. The largest absolute Gasteiger partial charge is 0.415 e. The minimum absolute atomic E-state index is 0.0123. The van der Waals surface area contributed by atoms with Gasteiger partial charge in [0.1, 0.15) is 12.5 Å². The van der Waals surface area contributed by atoms with Crippen LogP contribution in [0.2, 0.25) is 0 Å². The molecule has 1 saturated carbocycles. The van der Waals surface area contributed by atoms with E-state index in [2.05, 4.69) is 23.0 Å². The molecular formula is C29H30F4N4. The van der Waals surface area contributed by atoms with Gasteiger partial charge in [-0.3, -0.25) is 0 Å². The summed E-state index contributed by atoms with van der Waals surface area (Å²) >= 11 is 0. The normalized spacial score (nSPS) is 22.7. The van der Waals surface area contributed by atoms with Gasteiger partial charge < -0.3 is 10.6 Å². The standard InChI is InChI=1S/C29H30F4N4/c1-3-25(16-24(17-30)29(31,32)33)36-26(35)28(19-27(28)11-13-37(2)14-12-27)23-9-7-21(8-10-23)22-6-4-5-20(15-22)18-34/h3-10,15-16H,11-14,17,19H2,1-2H3,(H2,35,36)/b24-16+,25-3+. The van der Waals surface area contributed by atoms with Gasteiger partial charge in [-0.05, 0) is 86.6 Å². The van der Waals surface area contributed by atoms with Crippen LogP contribution in [0.15, 0.2) is 76.9 Å². The average molecular weight is 511 g/mol. The zero-order valence-electron chi connectivity index (χ0n) is 20.9. The summed E-state index contributed by atoms with van der Waals surface area (Å²) in [7, 11) is 2.07. The van der Waals surface area contributed by atoms with E-state index in [1.165, 1.54) is 6.08 Å². The molecule has 1 aliphatic heterocycles. The molecule has 194 valence electrons. The molecule has 0 aromatic heterocycles. The summed E-state index contributed by atoms with van der Waals surface area (Å²) in [5, 5.41) is 9.22. The number of hydrogen-bond acceptors (Lipinski definition) is 3. The quantitative estimate of drug-likeness (QED) is 0.215. The number of nitrogens with zero attached hydrogens (tertiary/aromatic N) is 3. The van der Waals surface area contributed by atoms with Gasteiger partial charge in [0.25, 0.3) is 0 Å². The zero-order chi connectivity index (χ0) is 26.8. The van der Waals surface area contributed by atoms with E-state index >= 15 is 0 Å². The van der Waals surface area contributed by atoms with Crippen molar-refractivity contribution in [3.8, 4) is 17.2 Å². The molecule has 0 amide bonds. The van der Waals surface area contributed by atoms with E-state index in [4.69, 9.17) is 5.73 Å². The first-order chi connectivity index (χ1) is 17.6. The number of hydrogen-bond donors (Lipinski definition) is 1. The molecule has 2 aromatic rings. The molecule has 0 radical (unpaired) electrons. The molecule has 37 heavy (non-hydrogen) atoms. The fraction of sp³-hybridized carbons (Fsp3) is 0.379. The van der Waals surface area contributed by atoms with E-state index in [-0.39, 0.29) is 16.9 Å². The first-order valence-corrected chi connectivity index (χ1v) is 12.2. The predicted molar refractivity (Wildman–Crippen MR) is 138 cm³/mol. The van der Waals surface area contributed by atoms with Crippen LogP contribution in [0.5, 0.6) is 0 Å². The van der Waals surface area contributed by atoms with Gasteiger partial charge in [-0.2, -0.15) is 18.4 Å². The molecule has 8 heteroatoms. The van der Waals surface area contributed by atoms with Gasteiger partial charge in [0, 0.05) is 0 Å². The van der Waals surface area contributed by atoms with Gasteiger partial charge in [0.2, 0.25) is 0 Å². The molecule has 1 aliphatic carbocycles. The maximum Gasteiger partial charge on any atom is 0.415 e. The lowest BCUT2D eigenvalue weighted by atomic mass is 9.79. The van der Waals surface area contributed by atoms with Gasteiger partial charge >= 0.3 is 6.18 Å². The summed E-state index contributed by atoms with van der Waals surface area (Å²) in [6.07, 6.45) is -0.0940. The van der Waals surface area contributed by atoms with Crippen molar-refractivity contribution >= 4 is 5.84 Å². The highest BCUT2D eigenvalue weighted by Crippen LogP contribution is 2.69. The molecule has 2 N–H and O–H groups in total. The zero-order valence-corrected chi connectivity index (χ0v) is 20.9. The van der Waals surface area contributed by atoms with Crippen LogP contribution in [0.1, 0.15) is 37.3 Å². The van der Waals surface area contributed by atoms with Crippen LogP contribution in [0.4, 0.5) is 17.6 Å². The molecule has 4 nitrogen and oxygen atoms in total. The van der Waals surface area contributed by atoms with Gasteiger partial charge in [0.05, 0.1) is 28.3 Å². The highest BCUT2D eigenvalue weighted by Gasteiger charge is 2.70. The van der Waals surface area contributed by atoms with Crippen LogP contribution in [0, 0.1) is 16.7 Å². The number of aliphatic imine (C=N–C) groups is 1. The number of allylic oxidation sites excluding steroid dienone is 3. The average Bonchev–Trinajstić information content (AvgIpc) is 3.56. The first kappa shape index (κ1) is 26.6. The van der Waals surface area contributed by atoms with Crippen LogP contribution in [0.3, 0.4) is 0 Å². The lowest BCUT2D eigenvalue weighted by Crippen LogP contribution is -2.40. The smallest absolute Gasteiger partial charge is 0.386 e. The van der Waals surface area contributed by atoms with Crippen molar-refractivity contribution in [2.24, 2.45) is 16.1 Å². The van der Waals surface area contributed by atoms with E-state index in [1.54, 1.807) is 13.0 Å². The lowest BCUT2D eigenvalue weighted by Gasteiger charge is -2.34. The summed E-state index contributed by atoms with van der Waals surface area (Å²) < 4.78 is 52.7. The second-order valence-corrected chi connectivity index (χ2v) is 9.95. The number of likely N-dealkylation sites (tertiary alicyclic amines) is 1. The van der Waals surface area contributed by atoms with E-state index in [9.17, 15) is 22.8 Å². The first-order valence-electron chi connectivity index (χ1n) is 12.2. The lowest BCUT2D eigenvalue weighted by molar-refractivity contribution is -0.0950. The number of nitrogens with two attached hydrogens (primary N) is 1. The molecule has 1 spiro atoms. The van der Waals surface area contributed by atoms with Crippen molar-refractivity contribution in [1.82, 2.24) is 4.90 Å². The van der Waals surface area contributed by atoms with Crippen LogP contribution in [-0.4, -0.2) is 43.7 Å². The third-order valence-electron chi connectivity index (χ3n) is 7.84. The van der Waals surface area contributed by atoms with E-state index < -0.39 is 23.8 Å². The summed E-state index contributed by atoms with van der Waals surface area (Å²) in [4.78, 5) is 6.70. The Morgan fingerprint density at radius 3 is 2.38 bits per heavy atom. The maximum absolute atomic E-state index is 13.2. The molecule has 2 fully saturated rings. The van der Waals surface area contributed by atoms with Crippen molar-refractivity contribution in [3.05, 3.63) is 83.1 Å². The van der Waals surface area contributed by atoms with Crippen molar-refractivity contribution in [3.63, 3.8) is 0 Å². The summed E-state index contributed by atoms with van der Waals surface area (Å²) in [6, 6.07) is 17.4. The van der Waals surface area contributed by atoms with Crippen molar-refractivity contribution in [2.75, 3.05) is 26.8 Å². The fourth-order valence-corrected chi connectivity index (χ4v) is 5.54. The van der Waals surface area contributed by atoms with E-state index in [0.717, 1.165) is 55.1 Å². The SMILES string of the molecule is C/C=C(\C=C(/CF)C(F)(F)F)N=C(N)C1(c2ccc(-c3cccc(C#N)c3)cc2)CC12CCN(C)CC2. The van der Waals surface area contributed by atoms with E-state index in [1.807, 2.05) is 42.5 Å². The number of rotatable bonds is 6. The van der Waals surface area contributed by atoms with Gasteiger partial charge in [0.15, 0.2) is 0 Å². The Morgan fingerprint density at radius 1 is 1.14 bits per heavy atom. The number of amidine groups is 1. The molecule has 2 aromatic carbocycles. The number of benzene rings is 2. The highest BCUT2D eigenvalue weighted by atomic mass is 19.4. The number of alkyl halides is 4. The molecule has 2 aliphatic rings. The molecule has 1 atom stereocenters. The Hall–Kier alpha value is -3.44. The molecule has 1 saturated heterocycles. The number of halogens is 4. The Labute approximate surface area is 214 Å². The Morgan fingerprint density at radius 2 is 1.81 bits per heavy atom. The molecule has 1 heterocycles. The molecular weight excluding hydrogens is 480 g/mol. The summed E-state index contributed by atoms with van der Waals surface area (Å²) in [5.74, 6) is 0.251. The van der Waals surface area contributed by atoms with Crippen molar-refractivity contribution in [1.29, 1.82) is 5.26 Å². The summed E-state index contributed by atoms with van der Waals surface area (Å²) in [5.41, 5.74) is 7.97. The molecule has 1 unspecified atom stereocenters. The van der Waals surface area contributed by atoms with Crippen LogP contribution < -0.4 is 5.73 Å². The van der Waals surface area contributed by atoms with Crippen molar-refractivity contribution in [2.45, 2.75) is 37.8 Å².